The molecule has 0 fully saturated rings. The standard InChI is InChI=1S/C13H13ClN4O3.C12H14ClN3O3.C12H13NO5.C11H10Cl2N2O3/c1-6-16-17-13-12(14)15-9-7(18(6)13)5-8(19-2)10(20-3)11(9)21-4;1-17-8-4-6-9(11(19-3)10(8)18-2)16-12(13)7(5-14)15-6;1-16-9-5-7-6(4-8(14)12(15)13-7)10(17-2)11(9)18-3;1-16-6-4-5-7(9(18-3)8(6)17-2)15-11(13)10(12)14-5/h5H,1-4H3;4H,5,14H2,1-3H3;5H,4H2,1-3H3,(H,13,15);4H,1-3H3. The largest absolute Gasteiger partial charge is 0.493 e. The first kappa shape index (κ1) is 57.5. The molecule has 4 aromatic heterocycles. The summed E-state index contributed by atoms with van der Waals surface area (Å²) in [5.74, 6) is 4.92. The SMILES string of the molecule is COc1cc2c(c(OC)c1OC)CC(=O)C(=O)N2.COc1cc2c(nc(Cl)c3nnc(C)n32)c(OC)c1OC.COc1cc2nc(CN)c(Cl)nc2c(OC)c1OC.COc1cc2nc(Cl)c(Cl)nc2c(OC)c1OC. The van der Waals surface area contributed by atoms with Crippen LogP contribution in [-0.4, -0.2) is 137 Å². The normalized spacial score (nSPS) is 11.4. The van der Waals surface area contributed by atoms with Gasteiger partial charge in [0.15, 0.2) is 72.3 Å². The summed E-state index contributed by atoms with van der Waals surface area (Å²) in [6.07, 6.45) is -0.00923. The lowest BCUT2D eigenvalue weighted by Crippen LogP contribution is -2.30. The Morgan fingerprint density at radius 3 is 1.41 bits per heavy atom. The zero-order valence-electron chi connectivity index (χ0n) is 43.1. The van der Waals surface area contributed by atoms with Crippen molar-refractivity contribution in [1.29, 1.82) is 0 Å². The number of benzene rings is 4. The highest BCUT2D eigenvalue weighted by molar-refractivity contribution is 6.43. The summed E-state index contributed by atoms with van der Waals surface area (Å²) in [6.45, 7) is 2.04. The number of hydrogen-bond donors (Lipinski definition) is 2. The van der Waals surface area contributed by atoms with E-state index < -0.39 is 11.7 Å². The number of rotatable bonds is 13. The van der Waals surface area contributed by atoms with Crippen molar-refractivity contribution in [2.45, 2.75) is 19.9 Å². The predicted octanol–water partition coefficient (Wildman–Crippen LogP) is 7.77. The van der Waals surface area contributed by atoms with Gasteiger partial charge in [-0.15, -0.1) is 10.2 Å². The Kier molecular flexibility index (Phi) is 19.0. The summed E-state index contributed by atoms with van der Waals surface area (Å²) in [5.41, 5.74) is 11.0. The number of Topliss-reactive ketones (excluding diaryl/α,β-unsaturated/α-hetero) is 1. The fraction of sp³-hybridized carbons (Fsp3) is 0.312. The van der Waals surface area contributed by atoms with E-state index in [1.54, 1.807) is 35.8 Å². The maximum atomic E-state index is 11.4. The van der Waals surface area contributed by atoms with Gasteiger partial charge in [0.2, 0.25) is 28.8 Å². The first-order valence-electron chi connectivity index (χ1n) is 21.8. The molecule has 0 bridgehead atoms. The summed E-state index contributed by atoms with van der Waals surface area (Å²) in [4.78, 5) is 44.0. The molecule has 404 valence electrons. The van der Waals surface area contributed by atoms with Crippen molar-refractivity contribution >= 4 is 103 Å². The summed E-state index contributed by atoms with van der Waals surface area (Å²) in [7, 11) is 18.2. The summed E-state index contributed by atoms with van der Waals surface area (Å²) in [6, 6.07) is 6.77. The van der Waals surface area contributed by atoms with Gasteiger partial charge in [-0.1, -0.05) is 46.4 Å². The van der Waals surface area contributed by atoms with E-state index in [9.17, 15) is 9.59 Å². The van der Waals surface area contributed by atoms with Crippen molar-refractivity contribution < 1.29 is 66.4 Å². The van der Waals surface area contributed by atoms with Gasteiger partial charge in [0.25, 0.3) is 5.91 Å². The predicted molar refractivity (Wildman–Crippen MR) is 282 cm³/mol. The molecule has 0 saturated carbocycles. The number of carbonyl (C=O) groups excluding carboxylic acids is 2. The third-order valence-electron chi connectivity index (χ3n) is 11.1. The number of methoxy groups -OCH3 is 12. The van der Waals surface area contributed by atoms with E-state index in [0.717, 1.165) is 5.52 Å². The molecule has 24 nitrogen and oxygen atoms in total. The van der Waals surface area contributed by atoms with Crippen LogP contribution in [0.2, 0.25) is 20.6 Å². The van der Waals surface area contributed by atoms with Gasteiger partial charge in [0.1, 0.15) is 22.4 Å². The number of ketones is 1. The molecule has 0 radical (unpaired) electrons. The van der Waals surface area contributed by atoms with Crippen molar-refractivity contribution in [2.75, 3.05) is 90.6 Å². The number of fused-ring (bicyclic) bond motifs is 6. The van der Waals surface area contributed by atoms with Gasteiger partial charge in [-0.3, -0.25) is 14.0 Å². The minimum atomic E-state index is -0.628. The Morgan fingerprint density at radius 2 is 0.921 bits per heavy atom. The van der Waals surface area contributed by atoms with Gasteiger partial charge < -0.3 is 67.9 Å². The first-order chi connectivity index (χ1) is 36.5. The van der Waals surface area contributed by atoms with Crippen LogP contribution in [-0.2, 0) is 22.6 Å². The molecule has 1 aliphatic heterocycles. The quantitative estimate of drug-likeness (QED) is 0.104. The Balaban J connectivity index is 0.000000165. The van der Waals surface area contributed by atoms with Crippen LogP contribution in [0.1, 0.15) is 17.1 Å². The van der Waals surface area contributed by atoms with Crippen LogP contribution in [0, 0.1) is 6.92 Å². The number of aromatic nitrogens is 8. The average molecular weight is 1130 g/mol. The fourth-order valence-corrected chi connectivity index (χ4v) is 8.37. The van der Waals surface area contributed by atoms with E-state index in [-0.39, 0.29) is 33.6 Å². The van der Waals surface area contributed by atoms with Crippen LogP contribution in [0.15, 0.2) is 24.3 Å². The summed E-state index contributed by atoms with van der Waals surface area (Å²) < 4.78 is 65.2. The maximum Gasteiger partial charge on any atom is 0.292 e. The number of aryl methyl sites for hydroxylation is 1. The molecular weight excluding hydrogens is 1080 g/mol. The van der Waals surface area contributed by atoms with Gasteiger partial charge in [-0.05, 0) is 6.92 Å². The van der Waals surface area contributed by atoms with Crippen LogP contribution < -0.4 is 67.9 Å². The second kappa shape index (κ2) is 25.2. The summed E-state index contributed by atoms with van der Waals surface area (Å²) >= 11 is 23.9. The van der Waals surface area contributed by atoms with E-state index in [1.807, 2.05) is 6.92 Å². The number of nitrogens with one attached hydrogen (secondary N) is 1. The molecule has 3 N–H and O–H groups in total. The number of amides is 1. The Morgan fingerprint density at radius 1 is 0.500 bits per heavy atom. The number of hydrogen-bond acceptors (Lipinski definition) is 22. The van der Waals surface area contributed by atoms with Gasteiger partial charge in [-0.2, -0.15) is 0 Å². The topological polar surface area (TPSA) is 278 Å². The third kappa shape index (κ3) is 11.1. The smallest absolute Gasteiger partial charge is 0.292 e. The van der Waals surface area contributed by atoms with Crippen LogP contribution in [0.25, 0.3) is 38.7 Å². The molecule has 0 aliphatic carbocycles. The molecule has 4 aromatic carbocycles. The fourth-order valence-electron chi connectivity index (χ4n) is 7.70. The minimum Gasteiger partial charge on any atom is -0.493 e. The van der Waals surface area contributed by atoms with Gasteiger partial charge >= 0.3 is 0 Å². The van der Waals surface area contributed by atoms with Gasteiger partial charge in [-0.25, -0.2) is 24.9 Å². The molecule has 28 heteroatoms. The van der Waals surface area contributed by atoms with E-state index in [4.69, 9.17) is 109 Å². The number of nitrogens with two attached hydrogens (primary N) is 1. The van der Waals surface area contributed by atoms with Crippen molar-refractivity contribution in [3.63, 3.8) is 0 Å². The lowest BCUT2D eigenvalue weighted by atomic mass is 10.00. The highest BCUT2D eigenvalue weighted by Crippen LogP contribution is 2.47. The van der Waals surface area contributed by atoms with Crippen LogP contribution in [0.4, 0.5) is 5.69 Å². The second-order valence-electron chi connectivity index (χ2n) is 15.0. The molecule has 0 spiro atoms. The zero-order chi connectivity index (χ0) is 55.7. The summed E-state index contributed by atoms with van der Waals surface area (Å²) in [5, 5.41) is 11.3. The molecule has 5 heterocycles. The van der Waals surface area contributed by atoms with E-state index in [0.29, 0.717) is 125 Å². The van der Waals surface area contributed by atoms with Crippen LogP contribution in [0.3, 0.4) is 0 Å². The number of halogens is 4. The number of ether oxygens (including phenoxy) is 12. The number of nitrogens with zero attached hydrogens (tertiary/aromatic N) is 8. The van der Waals surface area contributed by atoms with E-state index in [2.05, 4.69) is 40.4 Å². The van der Waals surface area contributed by atoms with Crippen molar-refractivity contribution in [2.24, 2.45) is 5.73 Å². The van der Waals surface area contributed by atoms with E-state index >= 15 is 0 Å². The van der Waals surface area contributed by atoms with Crippen molar-refractivity contribution in [3.8, 4) is 69.0 Å². The van der Waals surface area contributed by atoms with Gasteiger partial charge in [0.05, 0.1) is 113 Å². The number of anilines is 1. The molecule has 0 unspecified atom stereocenters. The average Bonchev–Trinajstić information content (AvgIpc) is 3.84. The Labute approximate surface area is 453 Å². The minimum absolute atomic E-state index is 0.00923. The van der Waals surface area contributed by atoms with Crippen molar-refractivity contribution in [1.82, 2.24) is 39.5 Å². The zero-order valence-corrected chi connectivity index (χ0v) is 46.1. The van der Waals surface area contributed by atoms with Crippen LogP contribution >= 0.6 is 46.4 Å². The molecule has 9 rings (SSSR count). The third-order valence-corrected chi connectivity index (χ3v) is 12.3. The molecule has 76 heavy (non-hydrogen) atoms. The maximum absolute atomic E-state index is 11.4. The highest BCUT2D eigenvalue weighted by atomic mass is 35.5. The molecule has 0 saturated heterocycles. The molecule has 0 atom stereocenters. The molecular formula is C48H50Cl4N10O14. The lowest BCUT2D eigenvalue weighted by molar-refractivity contribution is -0.134. The second-order valence-corrected chi connectivity index (χ2v) is 16.5. The highest BCUT2D eigenvalue weighted by Gasteiger charge is 2.30. The number of carbonyl (C=O) groups is 2. The Bertz CT molecular complexity index is 3500. The van der Waals surface area contributed by atoms with Crippen molar-refractivity contribution in [3.05, 3.63) is 62.0 Å². The lowest BCUT2D eigenvalue weighted by Gasteiger charge is -2.22. The van der Waals surface area contributed by atoms with Gasteiger partial charge in [0, 0.05) is 42.8 Å². The first-order valence-corrected chi connectivity index (χ1v) is 23.4. The van der Waals surface area contributed by atoms with E-state index in [1.165, 1.54) is 78.2 Å². The van der Waals surface area contributed by atoms with Crippen LogP contribution in [0.5, 0.6) is 69.0 Å². The molecule has 8 aromatic rings. The molecule has 1 aliphatic rings. The molecule has 1 amide bonds. The monoisotopic (exact) mass is 1130 g/mol. The Hall–Kier alpha value is -7.77.